The van der Waals surface area contributed by atoms with Crippen LogP contribution in [0.2, 0.25) is 0 Å². The first-order chi connectivity index (χ1) is 15.5. The van der Waals surface area contributed by atoms with Crippen LogP contribution in [-0.2, 0) is 17.5 Å². The lowest BCUT2D eigenvalue weighted by molar-refractivity contribution is -0.137. The number of carbonyl (C=O) groups is 1. The van der Waals surface area contributed by atoms with Crippen molar-refractivity contribution in [3.05, 3.63) is 46.8 Å². The van der Waals surface area contributed by atoms with Gasteiger partial charge in [0.25, 0.3) is 11.8 Å². The van der Waals surface area contributed by atoms with Crippen LogP contribution in [0.25, 0.3) is 15.6 Å². The lowest BCUT2D eigenvalue weighted by Gasteiger charge is -2.24. The number of amides is 1. The van der Waals surface area contributed by atoms with Crippen LogP contribution in [0.3, 0.4) is 0 Å². The summed E-state index contributed by atoms with van der Waals surface area (Å²) in [7, 11) is 0. The molecule has 1 amide bonds. The molecule has 1 fully saturated rings. The van der Waals surface area contributed by atoms with E-state index in [2.05, 4.69) is 24.6 Å². The summed E-state index contributed by atoms with van der Waals surface area (Å²) in [4.78, 5) is 18.0. The maximum Gasteiger partial charge on any atom is 0.407 e. The number of aryl methyl sites for hydroxylation is 1. The molecule has 1 atom stereocenters. The molecule has 3 heterocycles. The van der Waals surface area contributed by atoms with Gasteiger partial charge >= 0.3 is 6.18 Å². The minimum Gasteiger partial charge on any atom is -0.480 e. The number of hydrogen-bond donors (Lipinski definition) is 0. The van der Waals surface area contributed by atoms with E-state index >= 15 is 0 Å². The van der Waals surface area contributed by atoms with Crippen molar-refractivity contribution in [2.45, 2.75) is 39.6 Å². The third-order valence-electron chi connectivity index (χ3n) is 5.13. The SMILES string of the molecule is [C-]#[N+]c1ccc(OC2C(=O)N(Cc3nnc(-c4snnc4C)o3)CC2(C)C)cc1C(F)(F)F. The molecule has 172 valence electrons. The first-order valence-electron chi connectivity index (χ1n) is 9.65. The van der Waals surface area contributed by atoms with E-state index in [9.17, 15) is 18.0 Å². The summed E-state index contributed by atoms with van der Waals surface area (Å²) in [5.74, 6) is -0.117. The molecule has 9 nitrogen and oxygen atoms in total. The number of alkyl halides is 3. The monoisotopic (exact) mass is 478 g/mol. The van der Waals surface area contributed by atoms with Crippen LogP contribution < -0.4 is 4.74 Å². The fourth-order valence-electron chi connectivity index (χ4n) is 3.55. The number of ether oxygens (including phenoxy) is 1. The van der Waals surface area contributed by atoms with E-state index < -0.39 is 34.9 Å². The second-order valence-corrected chi connectivity index (χ2v) is 8.91. The molecule has 0 aliphatic carbocycles. The van der Waals surface area contributed by atoms with E-state index in [0.29, 0.717) is 10.6 Å². The highest BCUT2D eigenvalue weighted by Gasteiger charge is 2.48. The van der Waals surface area contributed by atoms with Crippen molar-refractivity contribution in [1.29, 1.82) is 0 Å². The molecule has 0 N–H and O–H groups in total. The Morgan fingerprint density at radius 3 is 2.73 bits per heavy atom. The van der Waals surface area contributed by atoms with Crippen LogP contribution >= 0.6 is 11.5 Å². The van der Waals surface area contributed by atoms with E-state index in [0.717, 1.165) is 23.7 Å². The van der Waals surface area contributed by atoms with Crippen LogP contribution in [0.1, 0.15) is 31.0 Å². The van der Waals surface area contributed by atoms with Crippen LogP contribution in [0.5, 0.6) is 5.75 Å². The van der Waals surface area contributed by atoms with Crippen LogP contribution in [0.4, 0.5) is 18.9 Å². The lowest BCUT2D eigenvalue weighted by atomic mass is 9.89. The summed E-state index contributed by atoms with van der Waals surface area (Å²) >= 11 is 1.11. The van der Waals surface area contributed by atoms with Crippen molar-refractivity contribution in [3.63, 3.8) is 0 Å². The quantitative estimate of drug-likeness (QED) is 0.505. The standard InChI is InChI=1S/C20H17F3N6O3S/c1-10-15(33-28-25-10)17-27-26-14(32-17)8-29-9-19(2,3)16(18(29)30)31-11-5-6-13(24-4)12(7-11)20(21,22)23/h5-7,16H,8-9H2,1-3H3. The van der Waals surface area contributed by atoms with Gasteiger partial charge in [0, 0.05) is 12.0 Å². The smallest absolute Gasteiger partial charge is 0.407 e. The third-order valence-corrected chi connectivity index (χ3v) is 5.95. The maximum atomic E-state index is 13.3. The molecular formula is C20H17F3N6O3S. The van der Waals surface area contributed by atoms with Crippen molar-refractivity contribution < 1.29 is 27.1 Å². The van der Waals surface area contributed by atoms with Gasteiger partial charge in [0.15, 0.2) is 11.8 Å². The molecule has 0 saturated carbocycles. The van der Waals surface area contributed by atoms with Gasteiger partial charge in [-0.1, -0.05) is 24.4 Å². The molecule has 4 rings (SSSR count). The topological polar surface area (TPSA) is 98.6 Å². The van der Waals surface area contributed by atoms with E-state index in [-0.39, 0.29) is 30.6 Å². The Balaban J connectivity index is 1.53. The largest absolute Gasteiger partial charge is 0.480 e. The number of halogens is 3. The van der Waals surface area contributed by atoms with Gasteiger partial charge in [-0.05, 0) is 30.6 Å². The summed E-state index contributed by atoms with van der Waals surface area (Å²) in [5, 5.41) is 11.8. The lowest BCUT2D eigenvalue weighted by Crippen LogP contribution is -2.36. The number of hydrogen-bond acceptors (Lipinski definition) is 8. The molecule has 1 aliphatic rings. The van der Waals surface area contributed by atoms with Crippen molar-refractivity contribution in [3.8, 4) is 16.5 Å². The molecule has 1 unspecified atom stereocenters. The molecule has 0 bridgehead atoms. The van der Waals surface area contributed by atoms with Gasteiger partial charge < -0.3 is 14.1 Å². The van der Waals surface area contributed by atoms with E-state index in [1.165, 1.54) is 11.0 Å². The van der Waals surface area contributed by atoms with Gasteiger partial charge in [-0.15, -0.1) is 15.3 Å². The van der Waals surface area contributed by atoms with Crippen molar-refractivity contribution in [2.75, 3.05) is 6.54 Å². The first kappa shape index (κ1) is 22.7. The van der Waals surface area contributed by atoms with E-state index in [1.807, 2.05) is 0 Å². The van der Waals surface area contributed by atoms with Crippen molar-refractivity contribution in [1.82, 2.24) is 24.7 Å². The number of nitrogens with zero attached hydrogens (tertiary/aromatic N) is 6. The molecule has 13 heteroatoms. The molecule has 0 radical (unpaired) electrons. The molecule has 1 aromatic carbocycles. The Labute approximate surface area is 190 Å². The number of aromatic nitrogens is 4. The zero-order valence-electron chi connectivity index (χ0n) is 17.7. The fourth-order valence-corrected chi connectivity index (χ4v) is 4.12. The maximum absolute atomic E-state index is 13.3. The third kappa shape index (κ3) is 4.38. The molecular weight excluding hydrogens is 461 g/mol. The Morgan fingerprint density at radius 1 is 1.33 bits per heavy atom. The molecule has 0 spiro atoms. The summed E-state index contributed by atoms with van der Waals surface area (Å²) in [5.41, 5.74) is -1.72. The Morgan fingerprint density at radius 2 is 2.09 bits per heavy atom. The number of rotatable bonds is 5. The second-order valence-electron chi connectivity index (χ2n) is 8.16. The zero-order chi connectivity index (χ0) is 24.0. The highest BCUT2D eigenvalue weighted by molar-refractivity contribution is 7.09. The Kier molecular flexibility index (Phi) is 5.57. The summed E-state index contributed by atoms with van der Waals surface area (Å²) in [6, 6.07) is 3.03. The first-order valence-corrected chi connectivity index (χ1v) is 10.4. The predicted molar refractivity (Wildman–Crippen MR) is 109 cm³/mol. The average molecular weight is 478 g/mol. The van der Waals surface area contributed by atoms with Crippen LogP contribution in [0.15, 0.2) is 22.6 Å². The minimum atomic E-state index is -4.72. The summed E-state index contributed by atoms with van der Waals surface area (Å²) in [6.07, 6.45) is -5.75. The average Bonchev–Trinajstić information content (AvgIpc) is 3.42. The van der Waals surface area contributed by atoms with Gasteiger partial charge in [0.05, 0.1) is 24.4 Å². The minimum absolute atomic E-state index is 0.0187. The second kappa shape index (κ2) is 8.11. The Hall–Kier alpha value is -3.53. The van der Waals surface area contributed by atoms with Crippen molar-refractivity contribution >= 4 is 23.1 Å². The molecule has 2 aromatic heterocycles. The zero-order valence-corrected chi connectivity index (χ0v) is 18.5. The number of benzene rings is 1. The molecule has 33 heavy (non-hydrogen) atoms. The highest BCUT2D eigenvalue weighted by Crippen LogP contribution is 2.40. The van der Waals surface area contributed by atoms with Crippen molar-refractivity contribution in [2.24, 2.45) is 5.41 Å². The molecule has 1 saturated heterocycles. The predicted octanol–water partition coefficient (Wildman–Crippen LogP) is 4.28. The number of likely N-dealkylation sites (tertiary alicyclic amines) is 1. The summed E-state index contributed by atoms with van der Waals surface area (Å²) in [6.45, 7) is 12.5. The normalized spacial score (nSPS) is 17.9. The van der Waals surface area contributed by atoms with Gasteiger partial charge in [-0.3, -0.25) is 4.79 Å². The van der Waals surface area contributed by atoms with E-state index in [1.54, 1.807) is 20.8 Å². The summed E-state index contributed by atoms with van der Waals surface area (Å²) < 4.78 is 55.0. The van der Waals surface area contributed by atoms with Gasteiger partial charge in [-0.2, -0.15) is 13.2 Å². The molecule has 3 aromatic rings. The van der Waals surface area contributed by atoms with E-state index in [4.69, 9.17) is 15.7 Å². The van der Waals surface area contributed by atoms with Gasteiger partial charge in [0.1, 0.15) is 10.6 Å². The van der Waals surface area contributed by atoms with Gasteiger partial charge in [-0.25, -0.2) is 4.85 Å². The van der Waals surface area contributed by atoms with Crippen LogP contribution in [0, 0.1) is 18.9 Å². The van der Waals surface area contributed by atoms with Gasteiger partial charge in [0.2, 0.25) is 5.89 Å². The fraction of sp³-hybridized carbons (Fsp3) is 0.400. The Bertz CT molecular complexity index is 1250. The van der Waals surface area contributed by atoms with Crippen LogP contribution in [-0.4, -0.2) is 43.2 Å². The highest BCUT2D eigenvalue weighted by atomic mass is 32.1. The molecule has 1 aliphatic heterocycles. The number of carbonyl (C=O) groups excluding carboxylic acids is 1.